The van der Waals surface area contributed by atoms with Crippen molar-refractivity contribution in [1.82, 2.24) is 9.78 Å². The summed E-state index contributed by atoms with van der Waals surface area (Å²) in [5.74, 6) is 0. The second kappa shape index (κ2) is 1.98. The normalized spacial score (nSPS) is 9.29. The Bertz CT molecular complexity index is 124. The highest BCUT2D eigenvalue weighted by Crippen LogP contribution is 1.85. The van der Waals surface area contributed by atoms with Gasteiger partial charge in [0.05, 0.1) is 0 Å². The van der Waals surface area contributed by atoms with E-state index in [-0.39, 0.29) is 0 Å². The van der Waals surface area contributed by atoms with E-state index in [1.807, 2.05) is 12.3 Å². The molecule has 1 heterocycles. The van der Waals surface area contributed by atoms with Gasteiger partial charge in [-0.25, -0.2) is 0 Å². The lowest BCUT2D eigenvalue weighted by Crippen LogP contribution is -1.89. The summed E-state index contributed by atoms with van der Waals surface area (Å²) in [6, 6.07) is 2.27. The monoisotopic (exact) mass is 116 g/mol. The lowest BCUT2D eigenvalue weighted by Gasteiger charge is -1.85. The lowest BCUT2D eigenvalue weighted by molar-refractivity contribution is 0.744. The molecule has 0 aliphatic heterocycles. The lowest BCUT2D eigenvalue weighted by atomic mass is 10.8. The molecule has 0 saturated carbocycles. The number of rotatable bonds is 1. The number of aromatic nitrogens is 2. The van der Waals surface area contributed by atoms with Crippen LogP contribution in [0.3, 0.4) is 0 Å². The van der Waals surface area contributed by atoms with Gasteiger partial charge in [-0.2, -0.15) is 5.10 Å². The highest BCUT2D eigenvalue weighted by atomic mass is 35.5. The largest absolute Gasteiger partial charge is 0.258 e. The zero-order valence-corrected chi connectivity index (χ0v) is 4.47. The first-order valence-electron chi connectivity index (χ1n) is 1.97. The van der Waals surface area contributed by atoms with E-state index in [2.05, 4.69) is 5.10 Å². The Morgan fingerprint density at radius 1 is 1.71 bits per heavy atom. The Morgan fingerprint density at radius 3 is 2.86 bits per heavy atom. The number of nitrogens with zero attached hydrogens (tertiary/aromatic N) is 2. The van der Waals surface area contributed by atoms with Crippen LogP contribution in [0.5, 0.6) is 0 Å². The fourth-order valence-electron chi connectivity index (χ4n) is 0.371. The van der Waals surface area contributed by atoms with Crippen molar-refractivity contribution in [2.24, 2.45) is 0 Å². The topological polar surface area (TPSA) is 17.8 Å². The summed E-state index contributed by atoms with van der Waals surface area (Å²) in [6.07, 6.45) is 3.51. The third kappa shape index (κ3) is 0.933. The molecule has 0 aliphatic rings. The van der Waals surface area contributed by atoms with Gasteiger partial charge in [-0.1, -0.05) is 0 Å². The highest BCUT2D eigenvalue weighted by molar-refractivity contribution is 6.15. The van der Waals surface area contributed by atoms with Gasteiger partial charge < -0.3 is 0 Å². The first-order valence-corrected chi connectivity index (χ1v) is 2.50. The first-order chi connectivity index (χ1) is 3.43. The van der Waals surface area contributed by atoms with Gasteiger partial charge in [-0.05, 0) is 6.07 Å². The van der Waals surface area contributed by atoms with E-state index in [1.165, 1.54) is 0 Å². The van der Waals surface area contributed by atoms with Crippen molar-refractivity contribution in [3.63, 3.8) is 0 Å². The molecular formula is C4H5ClN2. The van der Waals surface area contributed by atoms with E-state index in [4.69, 9.17) is 11.6 Å². The molecule has 0 amide bonds. The average Bonchev–Trinajstić information content (AvgIpc) is 2.14. The summed E-state index contributed by atoms with van der Waals surface area (Å²) in [4.78, 5) is 0. The van der Waals surface area contributed by atoms with Crippen molar-refractivity contribution in [3.8, 4) is 0 Å². The number of hydrogen-bond acceptors (Lipinski definition) is 1. The minimum absolute atomic E-state index is 0.438. The standard InChI is InChI=1S/C4H5ClN2/c5-4-7-3-1-2-6-7/h1-3H,4H2. The fourth-order valence-corrected chi connectivity index (χ4v) is 0.513. The SMILES string of the molecule is ClCn1cccn1. The molecule has 0 unspecified atom stereocenters. The van der Waals surface area contributed by atoms with Crippen molar-refractivity contribution in [2.75, 3.05) is 0 Å². The quantitative estimate of drug-likeness (QED) is 0.502. The molecule has 0 fully saturated rings. The zero-order valence-electron chi connectivity index (χ0n) is 3.71. The van der Waals surface area contributed by atoms with E-state index in [9.17, 15) is 0 Å². The van der Waals surface area contributed by atoms with Gasteiger partial charge in [0.25, 0.3) is 0 Å². The molecule has 7 heavy (non-hydrogen) atoms. The van der Waals surface area contributed by atoms with Crippen LogP contribution in [0, 0.1) is 0 Å². The molecule has 1 rings (SSSR count). The van der Waals surface area contributed by atoms with Crippen LogP contribution in [0.1, 0.15) is 0 Å². The molecule has 3 heteroatoms. The van der Waals surface area contributed by atoms with Crippen molar-refractivity contribution < 1.29 is 0 Å². The molecule has 1 aromatic heterocycles. The molecule has 0 radical (unpaired) electrons. The molecule has 0 aliphatic carbocycles. The maximum atomic E-state index is 5.37. The van der Waals surface area contributed by atoms with E-state index in [0.29, 0.717) is 6.00 Å². The van der Waals surface area contributed by atoms with Crippen LogP contribution in [-0.4, -0.2) is 9.78 Å². The van der Waals surface area contributed by atoms with Crippen LogP contribution >= 0.6 is 11.6 Å². The van der Waals surface area contributed by atoms with Crippen molar-refractivity contribution in [1.29, 1.82) is 0 Å². The first kappa shape index (κ1) is 4.65. The Hall–Kier alpha value is -0.500. The molecule has 2 nitrogen and oxygen atoms in total. The van der Waals surface area contributed by atoms with Gasteiger partial charge in [0.15, 0.2) is 0 Å². The van der Waals surface area contributed by atoms with E-state index < -0.39 is 0 Å². The Morgan fingerprint density at radius 2 is 2.57 bits per heavy atom. The number of hydrogen-bond donors (Lipinski definition) is 0. The molecule has 38 valence electrons. The maximum Gasteiger partial charge on any atom is 0.115 e. The van der Waals surface area contributed by atoms with Gasteiger partial charge >= 0.3 is 0 Å². The van der Waals surface area contributed by atoms with Gasteiger partial charge in [0.1, 0.15) is 6.00 Å². The second-order valence-electron chi connectivity index (χ2n) is 1.17. The average molecular weight is 117 g/mol. The summed E-state index contributed by atoms with van der Waals surface area (Å²) in [6.45, 7) is 0. The van der Waals surface area contributed by atoms with Crippen LogP contribution in [0.4, 0.5) is 0 Å². The molecule has 0 bridgehead atoms. The molecule has 0 spiro atoms. The summed E-state index contributed by atoms with van der Waals surface area (Å²) in [7, 11) is 0. The summed E-state index contributed by atoms with van der Waals surface area (Å²) in [5, 5.41) is 3.82. The third-order valence-electron chi connectivity index (χ3n) is 0.682. The molecular weight excluding hydrogens is 112 g/mol. The van der Waals surface area contributed by atoms with Crippen molar-refractivity contribution in [3.05, 3.63) is 18.5 Å². The second-order valence-corrected chi connectivity index (χ2v) is 1.40. The van der Waals surface area contributed by atoms with E-state index >= 15 is 0 Å². The zero-order chi connectivity index (χ0) is 5.11. The number of halogens is 1. The Balaban J connectivity index is 2.76. The summed E-state index contributed by atoms with van der Waals surface area (Å²) in [5.41, 5.74) is 0. The van der Waals surface area contributed by atoms with Crippen LogP contribution in [-0.2, 0) is 6.00 Å². The molecule has 1 aromatic rings. The summed E-state index contributed by atoms with van der Waals surface area (Å²) >= 11 is 5.37. The Kier molecular flexibility index (Phi) is 1.32. The van der Waals surface area contributed by atoms with Gasteiger partial charge in [0, 0.05) is 12.4 Å². The third-order valence-corrected chi connectivity index (χ3v) is 0.927. The van der Waals surface area contributed by atoms with Crippen LogP contribution < -0.4 is 0 Å². The van der Waals surface area contributed by atoms with E-state index in [1.54, 1.807) is 10.9 Å². The molecule has 0 aromatic carbocycles. The van der Waals surface area contributed by atoms with Crippen molar-refractivity contribution in [2.45, 2.75) is 6.00 Å². The van der Waals surface area contributed by atoms with Crippen molar-refractivity contribution >= 4 is 11.6 Å². The predicted octanol–water partition coefficient (Wildman–Crippen LogP) is 1.08. The van der Waals surface area contributed by atoms with Crippen LogP contribution in [0.2, 0.25) is 0 Å². The Labute approximate surface area is 46.7 Å². The van der Waals surface area contributed by atoms with Gasteiger partial charge in [-0.3, -0.25) is 4.68 Å². The predicted molar refractivity (Wildman–Crippen MR) is 28.1 cm³/mol. The van der Waals surface area contributed by atoms with Crippen LogP contribution in [0.25, 0.3) is 0 Å². The molecule has 0 atom stereocenters. The summed E-state index contributed by atoms with van der Waals surface area (Å²) < 4.78 is 1.64. The molecule has 0 N–H and O–H groups in total. The van der Waals surface area contributed by atoms with Gasteiger partial charge in [0.2, 0.25) is 0 Å². The minimum atomic E-state index is 0.438. The maximum absolute atomic E-state index is 5.37. The minimum Gasteiger partial charge on any atom is -0.258 e. The van der Waals surface area contributed by atoms with Gasteiger partial charge in [-0.15, -0.1) is 11.6 Å². The highest BCUT2D eigenvalue weighted by Gasteiger charge is 1.78. The van der Waals surface area contributed by atoms with E-state index in [0.717, 1.165) is 0 Å². The van der Waals surface area contributed by atoms with Crippen LogP contribution in [0.15, 0.2) is 18.5 Å². The fraction of sp³-hybridized carbons (Fsp3) is 0.250. The molecule has 0 saturated heterocycles. The number of alkyl halides is 1. The smallest absolute Gasteiger partial charge is 0.115 e.